The summed E-state index contributed by atoms with van der Waals surface area (Å²) in [7, 11) is -1.57. The van der Waals surface area contributed by atoms with Gasteiger partial charge in [0.25, 0.3) is 0 Å². The minimum atomic E-state index is -3.22. The van der Waals surface area contributed by atoms with Crippen molar-refractivity contribution in [3.05, 3.63) is 29.8 Å². The number of amides is 1. The summed E-state index contributed by atoms with van der Waals surface area (Å²) in [6.07, 6.45) is -0.128. The van der Waals surface area contributed by atoms with Gasteiger partial charge in [0.1, 0.15) is 0 Å². The van der Waals surface area contributed by atoms with E-state index in [0.29, 0.717) is 0 Å². The van der Waals surface area contributed by atoms with E-state index < -0.39 is 22.0 Å². The van der Waals surface area contributed by atoms with Crippen molar-refractivity contribution in [3.63, 3.8) is 0 Å². The van der Waals surface area contributed by atoms with Crippen LogP contribution in [0.2, 0.25) is 0 Å². The van der Waals surface area contributed by atoms with Crippen molar-refractivity contribution in [1.29, 1.82) is 0 Å². The van der Waals surface area contributed by atoms with Gasteiger partial charge in [0.15, 0.2) is 9.84 Å². The zero-order valence-corrected chi connectivity index (χ0v) is 13.6. The predicted molar refractivity (Wildman–Crippen MR) is 85.5 cm³/mol. The van der Waals surface area contributed by atoms with Crippen molar-refractivity contribution in [3.8, 4) is 0 Å². The number of likely N-dealkylation sites (N-methyl/N-ethyl adjacent to an activating group) is 1. The molecule has 6 nitrogen and oxygen atoms in total. The van der Waals surface area contributed by atoms with Crippen LogP contribution in [0.4, 0.5) is 5.69 Å². The van der Waals surface area contributed by atoms with Crippen molar-refractivity contribution in [2.75, 3.05) is 30.4 Å². The third-order valence-electron chi connectivity index (χ3n) is 3.93. The Morgan fingerprint density at radius 1 is 1.36 bits per heavy atom. The van der Waals surface area contributed by atoms with Crippen LogP contribution < -0.4 is 5.32 Å². The maximum absolute atomic E-state index is 12.1. The number of aryl methyl sites for hydroxylation is 1. The molecule has 1 amide bonds. The summed E-state index contributed by atoms with van der Waals surface area (Å²) in [6, 6.07) is 7.03. The molecule has 7 heteroatoms. The Bertz CT molecular complexity index is 645. The van der Waals surface area contributed by atoms with Gasteiger partial charge < -0.3 is 10.4 Å². The second kappa shape index (κ2) is 6.76. The van der Waals surface area contributed by atoms with Crippen molar-refractivity contribution in [2.45, 2.75) is 25.5 Å². The Hall–Kier alpha value is -1.44. The minimum absolute atomic E-state index is 0.0370. The molecular formula is C15H22N2O4S. The van der Waals surface area contributed by atoms with E-state index in [2.05, 4.69) is 5.32 Å². The molecule has 1 heterocycles. The number of hydrogen-bond donors (Lipinski definition) is 2. The lowest BCUT2D eigenvalue weighted by Crippen LogP contribution is -2.44. The number of aliphatic hydroxyl groups is 1. The van der Waals surface area contributed by atoms with Crippen LogP contribution in [0.1, 0.15) is 12.5 Å². The molecular weight excluding hydrogens is 304 g/mol. The van der Waals surface area contributed by atoms with E-state index in [1.165, 1.54) is 0 Å². The molecule has 2 N–H and O–H groups in total. The Kier molecular flexibility index (Phi) is 5.20. The van der Waals surface area contributed by atoms with Gasteiger partial charge in [-0.3, -0.25) is 9.69 Å². The quantitative estimate of drug-likeness (QED) is 0.811. The Labute approximate surface area is 131 Å². The summed E-state index contributed by atoms with van der Waals surface area (Å²) in [4.78, 5) is 13.7. The van der Waals surface area contributed by atoms with Crippen LogP contribution in [-0.4, -0.2) is 61.6 Å². The van der Waals surface area contributed by atoms with Gasteiger partial charge in [-0.2, -0.15) is 0 Å². The molecule has 0 bridgehead atoms. The fourth-order valence-corrected chi connectivity index (χ4v) is 4.59. The van der Waals surface area contributed by atoms with E-state index in [4.69, 9.17) is 0 Å². The lowest BCUT2D eigenvalue weighted by Gasteiger charge is -2.25. The van der Waals surface area contributed by atoms with Gasteiger partial charge in [0.05, 0.1) is 30.2 Å². The molecule has 1 fully saturated rings. The van der Waals surface area contributed by atoms with Gasteiger partial charge in [-0.05, 0) is 25.1 Å². The fourth-order valence-electron chi connectivity index (χ4n) is 2.72. The maximum Gasteiger partial charge on any atom is 0.238 e. The molecule has 0 spiro atoms. The van der Waals surface area contributed by atoms with Crippen LogP contribution in [0.3, 0.4) is 0 Å². The molecule has 2 unspecified atom stereocenters. The third kappa shape index (κ3) is 4.06. The highest BCUT2D eigenvalue weighted by molar-refractivity contribution is 7.91. The highest BCUT2D eigenvalue weighted by Gasteiger charge is 2.39. The normalized spacial score (nSPS) is 23.6. The lowest BCUT2D eigenvalue weighted by atomic mass is 10.1. The minimum Gasteiger partial charge on any atom is -0.390 e. The van der Waals surface area contributed by atoms with Crippen LogP contribution in [0.15, 0.2) is 24.3 Å². The van der Waals surface area contributed by atoms with E-state index >= 15 is 0 Å². The van der Waals surface area contributed by atoms with Crippen molar-refractivity contribution >= 4 is 21.4 Å². The molecule has 0 saturated carbocycles. The number of carbonyl (C=O) groups excluding carboxylic acids is 1. The van der Waals surface area contributed by atoms with Crippen LogP contribution in [0.5, 0.6) is 0 Å². The fraction of sp³-hybridized carbons (Fsp3) is 0.533. The van der Waals surface area contributed by atoms with E-state index in [1.54, 1.807) is 11.9 Å². The summed E-state index contributed by atoms with van der Waals surface area (Å²) in [5.41, 5.74) is 1.81. The Morgan fingerprint density at radius 2 is 2.05 bits per heavy atom. The number of hydrogen-bond acceptors (Lipinski definition) is 5. The summed E-state index contributed by atoms with van der Waals surface area (Å²) in [5, 5.41) is 12.7. The standard InChI is InChI=1S/C15H22N2O4S/c1-3-11-6-4-5-7-12(11)16-15(19)8-17(2)13-9-22(20,21)10-14(13)18/h4-7,13-14,18H,3,8-10H2,1-2H3,(H,16,19). The van der Waals surface area contributed by atoms with E-state index in [0.717, 1.165) is 17.7 Å². The molecule has 0 radical (unpaired) electrons. The summed E-state index contributed by atoms with van der Waals surface area (Å²) in [6.45, 7) is 2.05. The lowest BCUT2D eigenvalue weighted by molar-refractivity contribution is -0.117. The molecule has 1 aliphatic rings. The summed E-state index contributed by atoms with van der Waals surface area (Å²) >= 11 is 0. The Morgan fingerprint density at radius 3 is 2.64 bits per heavy atom. The SMILES string of the molecule is CCc1ccccc1NC(=O)CN(C)C1CS(=O)(=O)CC1O. The van der Waals surface area contributed by atoms with Gasteiger partial charge in [-0.25, -0.2) is 8.42 Å². The molecule has 1 aromatic rings. The smallest absolute Gasteiger partial charge is 0.238 e. The van der Waals surface area contributed by atoms with E-state index in [9.17, 15) is 18.3 Å². The van der Waals surface area contributed by atoms with Crippen LogP contribution in [-0.2, 0) is 21.1 Å². The monoisotopic (exact) mass is 326 g/mol. The first-order chi connectivity index (χ1) is 10.3. The van der Waals surface area contributed by atoms with Crippen molar-refractivity contribution in [2.24, 2.45) is 0 Å². The molecule has 1 saturated heterocycles. The number of sulfone groups is 1. The third-order valence-corrected chi connectivity index (χ3v) is 5.62. The molecule has 1 aromatic carbocycles. The highest BCUT2D eigenvalue weighted by atomic mass is 32.2. The molecule has 2 rings (SSSR count). The second-order valence-electron chi connectivity index (χ2n) is 5.69. The van der Waals surface area contributed by atoms with Crippen LogP contribution in [0, 0.1) is 0 Å². The number of aliphatic hydroxyl groups excluding tert-OH is 1. The Balaban J connectivity index is 1.97. The molecule has 122 valence electrons. The summed E-state index contributed by atoms with van der Waals surface area (Å²) in [5.74, 6) is -0.564. The number of anilines is 1. The van der Waals surface area contributed by atoms with Gasteiger partial charge >= 0.3 is 0 Å². The molecule has 2 atom stereocenters. The average Bonchev–Trinajstić information content (AvgIpc) is 2.72. The van der Waals surface area contributed by atoms with Gasteiger partial charge in [-0.15, -0.1) is 0 Å². The van der Waals surface area contributed by atoms with Crippen molar-refractivity contribution < 1.29 is 18.3 Å². The van der Waals surface area contributed by atoms with Crippen LogP contribution in [0.25, 0.3) is 0 Å². The first-order valence-electron chi connectivity index (χ1n) is 7.29. The van der Waals surface area contributed by atoms with Crippen LogP contribution >= 0.6 is 0 Å². The van der Waals surface area contributed by atoms with Gasteiger partial charge in [-0.1, -0.05) is 25.1 Å². The number of benzene rings is 1. The molecule has 0 aliphatic carbocycles. The average molecular weight is 326 g/mol. The first-order valence-corrected chi connectivity index (χ1v) is 9.11. The number of nitrogens with zero attached hydrogens (tertiary/aromatic N) is 1. The molecule has 1 aliphatic heterocycles. The summed E-state index contributed by atoms with van der Waals surface area (Å²) < 4.78 is 23.1. The second-order valence-corrected chi connectivity index (χ2v) is 7.84. The molecule has 22 heavy (non-hydrogen) atoms. The predicted octanol–water partition coefficient (Wildman–Crippen LogP) is 0.277. The van der Waals surface area contributed by atoms with E-state index in [-0.39, 0.29) is 24.0 Å². The topological polar surface area (TPSA) is 86.7 Å². The van der Waals surface area contributed by atoms with Crippen molar-refractivity contribution in [1.82, 2.24) is 4.90 Å². The van der Waals surface area contributed by atoms with E-state index in [1.807, 2.05) is 31.2 Å². The number of nitrogens with one attached hydrogen (secondary N) is 1. The zero-order valence-electron chi connectivity index (χ0n) is 12.8. The zero-order chi connectivity index (χ0) is 16.3. The number of para-hydroxylation sites is 1. The number of rotatable bonds is 5. The maximum atomic E-state index is 12.1. The number of carbonyl (C=O) groups is 1. The molecule has 0 aromatic heterocycles. The largest absolute Gasteiger partial charge is 0.390 e. The highest BCUT2D eigenvalue weighted by Crippen LogP contribution is 2.18. The van der Waals surface area contributed by atoms with Gasteiger partial charge in [0.2, 0.25) is 5.91 Å². The first kappa shape index (κ1) is 16.9. The van der Waals surface area contributed by atoms with Gasteiger partial charge in [0, 0.05) is 5.69 Å².